The van der Waals surface area contributed by atoms with Gasteiger partial charge in [0.15, 0.2) is 0 Å². The summed E-state index contributed by atoms with van der Waals surface area (Å²) in [5.41, 5.74) is 4.31. The summed E-state index contributed by atoms with van der Waals surface area (Å²) in [6, 6.07) is 26.4. The molecule has 0 bridgehead atoms. The second-order valence-corrected chi connectivity index (χ2v) is 13.7. The number of allylic oxidation sites excluding steroid dienone is 1. The molecule has 1 saturated heterocycles. The summed E-state index contributed by atoms with van der Waals surface area (Å²) in [6.07, 6.45) is 9.25. The van der Waals surface area contributed by atoms with E-state index in [-0.39, 0.29) is 23.1 Å². The van der Waals surface area contributed by atoms with Gasteiger partial charge in [0.2, 0.25) is 17.7 Å². The van der Waals surface area contributed by atoms with Gasteiger partial charge >= 0.3 is 0 Å². The minimum Gasteiger partial charge on any atom is -0.393 e. The predicted molar refractivity (Wildman–Crippen MR) is 186 cm³/mol. The number of carbonyl (C=O) groups is 3. The molecular weight excluding hydrogens is 586 g/mol. The van der Waals surface area contributed by atoms with E-state index in [0.717, 1.165) is 28.7 Å². The first-order chi connectivity index (χ1) is 22.6. The molecule has 0 unspecified atom stereocenters. The number of nitrogens with zero attached hydrogens (tertiary/aromatic N) is 3. The normalized spacial score (nSPS) is 17.5. The first kappa shape index (κ1) is 34.1. The fraction of sp³-hybridized carbons (Fsp3) is 0.425. The smallest absolute Gasteiger partial charge is 0.246 e. The number of aliphatic hydroxyl groups is 1. The molecule has 1 aliphatic heterocycles. The average molecular weight is 636 g/mol. The second kappa shape index (κ2) is 15.6. The predicted octanol–water partition coefficient (Wildman–Crippen LogP) is 5.91. The summed E-state index contributed by atoms with van der Waals surface area (Å²) in [7, 11) is 3.37. The summed E-state index contributed by atoms with van der Waals surface area (Å²) >= 11 is 0. The Balaban J connectivity index is 1.40. The van der Waals surface area contributed by atoms with Gasteiger partial charge in [0, 0.05) is 40.0 Å². The Kier molecular flexibility index (Phi) is 11.3. The van der Waals surface area contributed by atoms with Crippen LogP contribution in [0, 0.1) is 5.41 Å². The third kappa shape index (κ3) is 8.77. The zero-order chi connectivity index (χ0) is 33.4. The largest absolute Gasteiger partial charge is 0.393 e. The summed E-state index contributed by atoms with van der Waals surface area (Å²) in [5, 5.41) is 10.1. The van der Waals surface area contributed by atoms with E-state index in [4.69, 9.17) is 0 Å². The third-order valence-electron chi connectivity index (χ3n) is 10.2. The molecule has 248 valence electrons. The maximum atomic E-state index is 14.5. The van der Waals surface area contributed by atoms with Gasteiger partial charge in [-0.3, -0.25) is 14.4 Å². The van der Waals surface area contributed by atoms with Crippen LogP contribution in [0.25, 0.3) is 11.1 Å². The fourth-order valence-corrected chi connectivity index (χ4v) is 6.69. The quantitative estimate of drug-likeness (QED) is 0.251. The van der Waals surface area contributed by atoms with Crippen molar-refractivity contribution in [1.82, 2.24) is 14.7 Å². The summed E-state index contributed by atoms with van der Waals surface area (Å²) < 4.78 is 0. The van der Waals surface area contributed by atoms with Crippen LogP contribution in [0.15, 0.2) is 97.1 Å². The molecule has 47 heavy (non-hydrogen) atoms. The number of aliphatic hydroxyl groups excluding tert-OH is 1. The Hall–Kier alpha value is -4.23. The molecule has 0 radical (unpaired) electrons. The van der Waals surface area contributed by atoms with E-state index in [1.807, 2.05) is 78.9 Å². The molecule has 3 aromatic rings. The second-order valence-electron chi connectivity index (χ2n) is 13.7. The topological polar surface area (TPSA) is 81.2 Å². The molecule has 7 heteroatoms. The maximum Gasteiger partial charge on any atom is 0.246 e. The highest BCUT2D eigenvalue weighted by Crippen LogP contribution is 2.43. The fourth-order valence-electron chi connectivity index (χ4n) is 6.69. The maximum absolute atomic E-state index is 14.5. The van der Waals surface area contributed by atoms with Crippen molar-refractivity contribution in [3.8, 4) is 11.1 Å². The van der Waals surface area contributed by atoms with Gasteiger partial charge in [-0.05, 0) is 65.8 Å². The molecule has 3 amide bonds. The Morgan fingerprint density at radius 1 is 0.809 bits per heavy atom. The molecule has 1 aliphatic carbocycles. The first-order valence-corrected chi connectivity index (χ1v) is 17.0. The van der Waals surface area contributed by atoms with Crippen molar-refractivity contribution < 1.29 is 19.5 Å². The van der Waals surface area contributed by atoms with Crippen LogP contribution in [0.5, 0.6) is 0 Å². The van der Waals surface area contributed by atoms with Crippen LogP contribution < -0.4 is 0 Å². The molecule has 3 aromatic carbocycles. The summed E-state index contributed by atoms with van der Waals surface area (Å²) in [4.78, 5) is 47.0. The lowest BCUT2D eigenvalue weighted by molar-refractivity contribution is -0.150. The molecule has 1 heterocycles. The van der Waals surface area contributed by atoms with Crippen molar-refractivity contribution >= 4 is 17.7 Å². The van der Waals surface area contributed by atoms with Gasteiger partial charge in [0.1, 0.15) is 12.1 Å². The van der Waals surface area contributed by atoms with Crippen LogP contribution in [-0.2, 0) is 27.2 Å². The molecular formula is C40H49N3O4. The number of hydrogen-bond acceptors (Lipinski definition) is 4. The lowest BCUT2D eigenvalue weighted by atomic mass is 9.68. The van der Waals surface area contributed by atoms with E-state index in [9.17, 15) is 19.5 Å². The monoisotopic (exact) mass is 635 g/mol. The Morgan fingerprint density at radius 2 is 1.36 bits per heavy atom. The highest BCUT2D eigenvalue weighted by atomic mass is 16.3. The zero-order valence-electron chi connectivity index (χ0n) is 28.1. The number of rotatable bonds is 12. The third-order valence-corrected chi connectivity index (χ3v) is 10.2. The SMILES string of the molecule is CN(C(=O)/C=C/CC1(C)CCC1)[C@H](Cc1ccc(-c2ccccc2)cc1)C(=O)N(C)[C@H](Cc1ccccc1)C(=O)N1CCC(O)CC1. The van der Waals surface area contributed by atoms with Crippen LogP contribution in [0.1, 0.15) is 56.6 Å². The number of likely N-dealkylation sites (tertiary alicyclic amines) is 1. The van der Waals surface area contributed by atoms with Gasteiger partial charge in [0.25, 0.3) is 0 Å². The minimum absolute atomic E-state index is 0.134. The van der Waals surface area contributed by atoms with E-state index in [1.54, 1.807) is 30.0 Å². The lowest BCUT2D eigenvalue weighted by Crippen LogP contribution is -2.57. The van der Waals surface area contributed by atoms with Crippen LogP contribution in [0.2, 0.25) is 0 Å². The molecule has 2 aliphatic rings. The highest BCUT2D eigenvalue weighted by molar-refractivity contribution is 5.95. The van der Waals surface area contributed by atoms with Gasteiger partial charge in [-0.15, -0.1) is 0 Å². The molecule has 1 saturated carbocycles. The van der Waals surface area contributed by atoms with Crippen molar-refractivity contribution in [1.29, 1.82) is 0 Å². The van der Waals surface area contributed by atoms with Crippen molar-refractivity contribution in [2.24, 2.45) is 5.41 Å². The average Bonchev–Trinajstić information content (AvgIpc) is 3.09. The minimum atomic E-state index is -0.812. The molecule has 7 nitrogen and oxygen atoms in total. The van der Waals surface area contributed by atoms with Crippen LogP contribution in [-0.4, -0.2) is 82.9 Å². The number of carbonyl (C=O) groups excluding carboxylic acids is 3. The van der Waals surface area contributed by atoms with Gasteiger partial charge < -0.3 is 19.8 Å². The van der Waals surface area contributed by atoms with Crippen LogP contribution in [0.4, 0.5) is 0 Å². The Bertz CT molecular complexity index is 1510. The molecule has 2 fully saturated rings. The number of piperidine rings is 1. The van der Waals surface area contributed by atoms with E-state index >= 15 is 0 Å². The van der Waals surface area contributed by atoms with E-state index in [0.29, 0.717) is 38.8 Å². The van der Waals surface area contributed by atoms with Gasteiger partial charge in [0.05, 0.1) is 6.10 Å². The van der Waals surface area contributed by atoms with E-state index in [1.165, 1.54) is 24.2 Å². The lowest BCUT2D eigenvalue weighted by Gasteiger charge is -2.38. The Morgan fingerprint density at radius 3 is 1.96 bits per heavy atom. The van der Waals surface area contributed by atoms with Crippen molar-refractivity contribution in [3.05, 3.63) is 108 Å². The molecule has 0 aromatic heterocycles. The van der Waals surface area contributed by atoms with Crippen LogP contribution in [0.3, 0.4) is 0 Å². The molecule has 0 spiro atoms. The molecule has 5 rings (SSSR count). The zero-order valence-corrected chi connectivity index (χ0v) is 28.1. The van der Waals surface area contributed by atoms with E-state index in [2.05, 4.69) is 19.1 Å². The van der Waals surface area contributed by atoms with Gasteiger partial charge in [-0.1, -0.05) is 104 Å². The number of benzene rings is 3. The summed E-state index contributed by atoms with van der Waals surface area (Å²) in [6.45, 7) is 3.15. The highest BCUT2D eigenvalue weighted by Gasteiger charge is 2.37. The van der Waals surface area contributed by atoms with E-state index < -0.39 is 18.2 Å². The number of hydrogen-bond donors (Lipinski definition) is 1. The number of likely N-dealkylation sites (N-methyl/N-ethyl adjacent to an activating group) is 2. The first-order valence-electron chi connectivity index (χ1n) is 17.0. The number of amides is 3. The summed E-state index contributed by atoms with van der Waals surface area (Å²) in [5.74, 6) is -0.639. The van der Waals surface area contributed by atoms with Crippen molar-refractivity contribution in [2.75, 3.05) is 27.2 Å². The molecule has 1 N–H and O–H groups in total. The van der Waals surface area contributed by atoms with Crippen LogP contribution >= 0.6 is 0 Å². The van der Waals surface area contributed by atoms with Gasteiger partial charge in [-0.2, -0.15) is 0 Å². The van der Waals surface area contributed by atoms with Gasteiger partial charge in [-0.25, -0.2) is 0 Å². The van der Waals surface area contributed by atoms with Crippen molar-refractivity contribution in [2.45, 2.75) is 76.5 Å². The molecule has 2 atom stereocenters. The Labute approximate surface area is 279 Å². The van der Waals surface area contributed by atoms with Crippen molar-refractivity contribution in [3.63, 3.8) is 0 Å². The standard InChI is InChI=1S/C40H49N3O4/c1-40(24-11-25-40)23-10-16-37(45)41(2)35(29-31-17-19-33(20-18-31)32-14-8-5-9-15-32)38(46)42(3)36(28-30-12-6-4-7-13-30)39(47)43-26-21-34(44)22-27-43/h4-10,12-20,34-36,44H,11,21-29H2,1-3H3/b16-10+/t35-,36-/m1/s1.